The third kappa shape index (κ3) is 7.20. The summed E-state index contributed by atoms with van der Waals surface area (Å²) in [4.78, 5) is 33.3. The fraction of sp³-hybridized carbons (Fsp3) is 0.611. The SMILES string of the molecule is CCCCCCCCOC(=O)c1cc([N+](=O)[O-])c(NCCC)c([N+](=O)[O-])c1. The summed E-state index contributed by atoms with van der Waals surface area (Å²) in [5, 5.41) is 25.3. The third-order valence-corrected chi connectivity index (χ3v) is 4.01. The molecule has 0 amide bonds. The Hall–Kier alpha value is -2.71. The van der Waals surface area contributed by atoms with Crippen LogP contribution in [0.2, 0.25) is 0 Å². The van der Waals surface area contributed by atoms with Crippen molar-refractivity contribution in [3.05, 3.63) is 37.9 Å². The van der Waals surface area contributed by atoms with Crippen molar-refractivity contribution in [2.24, 2.45) is 0 Å². The number of nitro benzene ring substituents is 2. The molecule has 0 heterocycles. The highest BCUT2D eigenvalue weighted by Gasteiger charge is 2.28. The number of nitrogens with zero attached hydrogens (tertiary/aromatic N) is 2. The lowest BCUT2D eigenvalue weighted by atomic mass is 10.1. The van der Waals surface area contributed by atoms with Crippen molar-refractivity contribution < 1.29 is 19.4 Å². The van der Waals surface area contributed by atoms with Gasteiger partial charge in [0.05, 0.1) is 22.0 Å². The van der Waals surface area contributed by atoms with E-state index < -0.39 is 27.2 Å². The summed E-state index contributed by atoms with van der Waals surface area (Å²) >= 11 is 0. The van der Waals surface area contributed by atoms with Crippen molar-refractivity contribution in [1.82, 2.24) is 0 Å². The Morgan fingerprint density at radius 3 is 2.04 bits per heavy atom. The quantitative estimate of drug-likeness (QED) is 0.224. The number of benzene rings is 1. The molecule has 0 saturated heterocycles. The van der Waals surface area contributed by atoms with Gasteiger partial charge in [-0.05, 0) is 12.8 Å². The highest BCUT2D eigenvalue weighted by Crippen LogP contribution is 2.36. The maximum Gasteiger partial charge on any atom is 0.338 e. The predicted octanol–water partition coefficient (Wildman–Crippen LogP) is 4.84. The van der Waals surface area contributed by atoms with Crippen LogP contribution in [0.5, 0.6) is 0 Å². The Balaban J connectivity index is 2.86. The van der Waals surface area contributed by atoms with Crippen LogP contribution in [-0.4, -0.2) is 29.0 Å². The molecule has 0 aliphatic carbocycles. The van der Waals surface area contributed by atoms with Crippen molar-refractivity contribution in [3.63, 3.8) is 0 Å². The minimum absolute atomic E-state index is 0.183. The zero-order valence-electron chi connectivity index (χ0n) is 15.9. The van der Waals surface area contributed by atoms with Crippen LogP contribution in [-0.2, 0) is 4.74 Å². The van der Waals surface area contributed by atoms with Crippen LogP contribution in [0.1, 0.15) is 69.2 Å². The average Bonchev–Trinajstić information content (AvgIpc) is 2.64. The summed E-state index contributed by atoms with van der Waals surface area (Å²) in [6.45, 7) is 4.48. The molecule has 1 rings (SSSR count). The van der Waals surface area contributed by atoms with Crippen molar-refractivity contribution in [2.45, 2.75) is 58.8 Å². The van der Waals surface area contributed by atoms with Crippen LogP contribution in [0.15, 0.2) is 12.1 Å². The van der Waals surface area contributed by atoms with E-state index >= 15 is 0 Å². The Morgan fingerprint density at radius 2 is 1.52 bits per heavy atom. The molecule has 1 aromatic carbocycles. The fourth-order valence-corrected chi connectivity index (χ4v) is 2.58. The molecule has 27 heavy (non-hydrogen) atoms. The van der Waals surface area contributed by atoms with Gasteiger partial charge in [-0.2, -0.15) is 0 Å². The number of carbonyl (C=O) groups is 1. The lowest BCUT2D eigenvalue weighted by Crippen LogP contribution is -2.11. The van der Waals surface area contributed by atoms with Gasteiger partial charge in [0, 0.05) is 18.7 Å². The summed E-state index contributed by atoms with van der Waals surface area (Å²) in [7, 11) is 0. The minimum atomic E-state index is -0.795. The summed E-state index contributed by atoms with van der Waals surface area (Å²) in [6, 6.07) is 2.04. The van der Waals surface area contributed by atoms with E-state index in [-0.39, 0.29) is 17.9 Å². The molecule has 0 bridgehead atoms. The van der Waals surface area contributed by atoms with Crippen molar-refractivity contribution in [2.75, 3.05) is 18.5 Å². The second kappa shape index (κ2) is 11.8. The Morgan fingerprint density at radius 1 is 0.963 bits per heavy atom. The van der Waals surface area contributed by atoms with Gasteiger partial charge in [0.15, 0.2) is 5.69 Å². The summed E-state index contributed by atoms with van der Waals surface area (Å²) in [6.07, 6.45) is 6.76. The molecule has 0 atom stereocenters. The molecule has 150 valence electrons. The molecule has 1 aromatic rings. The van der Waals surface area contributed by atoms with E-state index in [2.05, 4.69) is 12.2 Å². The van der Waals surface area contributed by atoms with Crippen LogP contribution in [0.3, 0.4) is 0 Å². The number of ether oxygens (including phenoxy) is 1. The first kappa shape index (κ1) is 22.3. The molecule has 0 aliphatic heterocycles. The molecule has 0 saturated carbocycles. The molecule has 0 spiro atoms. The Kier molecular flexibility index (Phi) is 9.78. The van der Waals surface area contributed by atoms with Gasteiger partial charge in [0.1, 0.15) is 0 Å². The number of unbranched alkanes of at least 4 members (excludes halogenated alkanes) is 5. The zero-order chi connectivity index (χ0) is 20.2. The number of nitrogens with one attached hydrogen (secondary N) is 1. The van der Waals surface area contributed by atoms with E-state index in [1.807, 2.05) is 6.92 Å². The number of hydrogen-bond donors (Lipinski definition) is 1. The topological polar surface area (TPSA) is 125 Å². The lowest BCUT2D eigenvalue weighted by molar-refractivity contribution is -0.392. The second-order valence-electron chi connectivity index (χ2n) is 6.23. The Bertz CT molecular complexity index is 627. The normalized spacial score (nSPS) is 10.4. The minimum Gasteiger partial charge on any atom is -0.462 e. The number of anilines is 1. The first-order valence-electron chi connectivity index (χ1n) is 9.30. The molecule has 0 fully saturated rings. The maximum atomic E-state index is 12.2. The van der Waals surface area contributed by atoms with Crippen LogP contribution in [0, 0.1) is 20.2 Å². The van der Waals surface area contributed by atoms with E-state index in [9.17, 15) is 25.0 Å². The zero-order valence-corrected chi connectivity index (χ0v) is 15.9. The highest BCUT2D eigenvalue weighted by molar-refractivity contribution is 5.93. The lowest BCUT2D eigenvalue weighted by Gasteiger charge is -2.09. The van der Waals surface area contributed by atoms with Gasteiger partial charge < -0.3 is 10.1 Å². The molecular weight excluding hydrogens is 354 g/mol. The van der Waals surface area contributed by atoms with Crippen LogP contribution in [0.25, 0.3) is 0 Å². The molecule has 0 aromatic heterocycles. The molecule has 1 N–H and O–H groups in total. The van der Waals surface area contributed by atoms with E-state index in [0.717, 1.165) is 37.8 Å². The first-order valence-corrected chi connectivity index (χ1v) is 9.30. The summed E-state index contributed by atoms with van der Waals surface area (Å²) in [5.74, 6) is -0.795. The molecule has 0 radical (unpaired) electrons. The number of carbonyl (C=O) groups excluding carboxylic acids is 1. The monoisotopic (exact) mass is 381 g/mol. The molecule has 9 heteroatoms. The van der Waals surface area contributed by atoms with Gasteiger partial charge >= 0.3 is 5.97 Å². The van der Waals surface area contributed by atoms with E-state index in [0.29, 0.717) is 19.4 Å². The van der Waals surface area contributed by atoms with Gasteiger partial charge in [-0.1, -0.05) is 46.0 Å². The second-order valence-corrected chi connectivity index (χ2v) is 6.23. The molecule has 9 nitrogen and oxygen atoms in total. The number of hydrogen-bond acceptors (Lipinski definition) is 7. The third-order valence-electron chi connectivity index (χ3n) is 4.01. The summed E-state index contributed by atoms with van der Waals surface area (Å²) in [5.41, 5.74) is -1.41. The van der Waals surface area contributed by atoms with Crippen LogP contribution in [0.4, 0.5) is 17.1 Å². The highest BCUT2D eigenvalue weighted by atomic mass is 16.6. The van der Waals surface area contributed by atoms with Crippen molar-refractivity contribution in [1.29, 1.82) is 0 Å². The maximum absolute atomic E-state index is 12.2. The van der Waals surface area contributed by atoms with Crippen molar-refractivity contribution in [3.8, 4) is 0 Å². The molecular formula is C18H27N3O6. The standard InChI is InChI=1S/C18H27N3O6/c1-3-5-6-7-8-9-11-27-18(22)14-12-15(20(23)24)17(19-10-4-2)16(13-14)21(25)26/h12-13,19H,3-11H2,1-2H3. The van der Waals surface area contributed by atoms with Crippen molar-refractivity contribution >= 4 is 23.0 Å². The number of nitro groups is 2. The van der Waals surface area contributed by atoms with Gasteiger partial charge in [0.2, 0.25) is 0 Å². The largest absolute Gasteiger partial charge is 0.462 e. The van der Waals surface area contributed by atoms with E-state index in [1.165, 1.54) is 6.42 Å². The van der Waals surface area contributed by atoms with Gasteiger partial charge in [-0.15, -0.1) is 0 Å². The van der Waals surface area contributed by atoms with Gasteiger partial charge in [0.25, 0.3) is 11.4 Å². The molecule has 0 unspecified atom stereocenters. The Labute approximate surface area is 158 Å². The van der Waals surface area contributed by atoms with E-state index in [4.69, 9.17) is 4.74 Å². The van der Waals surface area contributed by atoms with Gasteiger partial charge in [-0.3, -0.25) is 20.2 Å². The fourth-order valence-electron chi connectivity index (χ4n) is 2.58. The molecule has 0 aliphatic rings. The smallest absolute Gasteiger partial charge is 0.338 e. The average molecular weight is 381 g/mol. The van der Waals surface area contributed by atoms with Gasteiger partial charge in [-0.25, -0.2) is 4.79 Å². The number of esters is 1. The predicted molar refractivity (Wildman–Crippen MR) is 102 cm³/mol. The summed E-state index contributed by atoms with van der Waals surface area (Å²) < 4.78 is 5.12. The number of rotatable bonds is 13. The van der Waals surface area contributed by atoms with E-state index in [1.54, 1.807) is 0 Å². The van der Waals surface area contributed by atoms with Crippen LogP contribution < -0.4 is 5.32 Å². The first-order chi connectivity index (χ1) is 12.9. The van der Waals surface area contributed by atoms with Crippen LogP contribution >= 0.6 is 0 Å².